The lowest BCUT2D eigenvalue weighted by atomic mass is 9.95. The molecule has 1 aliphatic rings. The van der Waals surface area contributed by atoms with E-state index in [9.17, 15) is 9.59 Å². The summed E-state index contributed by atoms with van der Waals surface area (Å²) in [5.41, 5.74) is 2.43. The number of hydrogen-bond acceptors (Lipinski definition) is 4. The Morgan fingerprint density at radius 2 is 2.28 bits per heavy atom. The number of nitrogens with one attached hydrogen (secondary N) is 1. The first-order valence-corrected chi connectivity index (χ1v) is 9.31. The summed E-state index contributed by atoms with van der Waals surface area (Å²) in [5, 5.41) is 6.03. The first-order chi connectivity index (χ1) is 12.2. The number of nitrogens with zero attached hydrogens (tertiary/aromatic N) is 2. The normalized spacial score (nSPS) is 13.2. The summed E-state index contributed by atoms with van der Waals surface area (Å²) in [7, 11) is 0. The van der Waals surface area contributed by atoms with E-state index in [1.807, 2.05) is 23.6 Å². The van der Waals surface area contributed by atoms with E-state index < -0.39 is 0 Å². The average Bonchev–Trinajstić information content (AvgIpc) is 3.17. The van der Waals surface area contributed by atoms with E-state index in [4.69, 9.17) is 0 Å². The maximum atomic E-state index is 12.6. The van der Waals surface area contributed by atoms with Gasteiger partial charge in [0.1, 0.15) is 0 Å². The van der Waals surface area contributed by atoms with E-state index in [-0.39, 0.29) is 11.8 Å². The van der Waals surface area contributed by atoms with E-state index in [1.165, 1.54) is 6.08 Å². The molecular weight excluding hydrogens is 334 g/mol. The zero-order chi connectivity index (χ0) is 17.6. The predicted octanol–water partition coefficient (Wildman–Crippen LogP) is 2.97. The largest absolute Gasteiger partial charge is 0.352 e. The minimum atomic E-state index is -0.123. The summed E-state index contributed by atoms with van der Waals surface area (Å²) in [6.07, 6.45) is 6.49. The Labute approximate surface area is 151 Å². The van der Waals surface area contributed by atoms with Gasteiger partial charge in [0.15, 0.2) is 0 Å². The van der Waals surface area contributed by atoms with Crippen LogP contribution in [0.2, 0.25) is 0 Å². The van der Waals surface area contributed by atoms with E-state index in [1.54, 1.807) is 22.4 Å². The summed E-state index contributed by atoms with van der Waals surface area (Å²) < 4.78 is 0. The van der Waals surface area contributed by atoms with Crippen molar-refractivity contribution in [2.75, 3.05) is 18.0 Å². The molecule has 0 fully saturated rings. The van der Waals surface area contributed by atoms with Gasteiger partial charge in [0, 0.05) is 42.3 Å². The maximum Gasteiger partial charge on any atom is 0.251 e. The van der Waals surface area contributed by atoms with Gasteiger partial charge in [-0.3, -0.25) is 9.59 Å². The van der Waals surface area contributed by atoms with Gasteiger partial charge < -0.3 is 10.2 Å². The molecule has 0 radical (unpaired) electrons. The fourth-order valence-corrected chi connectivity index (χ4v) is 3.75. The molecule has 6 heteroatoms. The minimum absolute atomic E-state index is 0.0797. The lowest BCUT2D eigenvalue weighted by Crippen LogP contribution is -2.35. The van der Waals surface area contributed by atoms with Crippen LogP contribution in [0.5, 0.6) is 0 Å². The molecule has 1 aromatic carbocycles. The first kappa shape index (κ1) is 17.4. The number of anilines is 1. The van der Waals surface area contributed by atoms with Crippen molar-refractivity contribution < 1.29 is 9.59 Å². The zero-order valence-corrected chi connectivity index (χ0v) is 14.8. The molecular formula is C19H21N3O2S. The molecule has 2 heterocycles. The average molecular weight is 355 g/mol. The van der Waals surface area contributed by atoms with Crippen molar-refractivity contribution in [2.24, 2.45) is 0 Å². The number of aryl methyl sites for hydroxylation is 1. The number of aromatic nitrogens is 1. The van der Waals surface area contributed by atoms with Crippen molar-refractivity contribution in [3.05, 3.63) is 58.6 Å². The van der Waals surface area contributed by atoms with Gasteiger partial charge in [-0.1, -0.05) is 12.6 Å². The number of fused-ring (bicyclic) bond motifs is 1. The van der Waals surface area contributed by atoms with Gasteiger partial charge in [-0.15, -0.1) is 11.3 Å². The number of rotatable bonds is 6. The molecule has 0 saturated carbocycles. The molecule has 25 heavy (non-hydrogen) atoms. The summed E-state index contributed by atoms with van der Waals surface area (Å²) in [4.78, 5) is 30.6. The molecule has 2 amide bonds. The Morgan fingerprint density at radius 3 is 3.04 bits per heavy atom. The summed E-state index contributed by atoms with van der Waals surface area (Å²) in [6, 6.07) is 5.56. The molecule has 1 N–H and O–H groups in total. The van der Waals surface area contributed by atoms with Crippen molar-refractivity contribution >= 4 is 28.8 Å². The predicted molar refractivity (Wildman–Crippen MR) is 100 cm³/mol. The van der Waals surface area contributed by atoms with Crippen LogP contribution in [0.3, 0.4) is 0 Å². The Bertz CT molecular complexity index is 771. The highest BCUT2D eigenvalue weighted by Gasteiger charge is 2.24. The number of amides is 2. The van der Waals surface area contributed by atoms with Crippen molar-refractivity contribution in [2.45, 2.75) is 25.7 Å². The van der Waals surface area contributed by atoms with E-state index >= 15 is 0 Å². The van der Waals surface area contributed by atoms with Crippen LogP contribution in [-0.4, -0.2) is 29.9 Å². The first-order valence-electron chi connectivity index (χ1n) is 8.43. The lowest BCUT2D eigenvalue weighted by molar-refractivity contribution is -0.114. The van der Waals surface area contributed by atoms with Crippen LogP contribution in [-0.2, 0) is 17.6 Å². The van der Waals surface area contributed by atoms with E-state index in [0.717, 1.165) is 41.9 Å². The smallest absolute Gasteiger partial charge is 0.251 e. The quantitative estimate of drug-likeness (QED) is 0.640. The Kier molecular flexibility index (Phi) is 5.60. The molecule has 3 rings (SSSR count). The van der Waals surface area contributed by atoms with Crippen LogP contribution in [0, 0.1) is 0 Å². The summed E-state index contributed by atoms with van der Waals surface area (Å²) in [6.45, 7) is 4.83. The van der Waals surface area contributed by atoms with Crippen LogP contribution >= 0.6 is 11.3 Å². The molecule has 0 bridgehead atoms. The van der Waals surface area contributed by atoms with Gasteiger partial charge >= 0.3 is 0 Å². The third-order valence-corrected chi connectivity index (χ3v) is 5.11. The van der Waals surface area contributed by atoms with Crippen LogP contribution < -0.4 is 10.2 Å². The number of hydrogen-bond donors (Lipinski definition) is 1. The maximum absolute atomic E-state index is 12.6. The lowest BCUT2D eigenvalue weighted by Gasteiger charge is -2.29. The third kappa shape index (κ3) is 3.96. The molecule has 5 nitrogen and oxygen atoms in total. The molecule has 0 saturated heterocycles. The van der Waals surface area contributed by atoms with E-state index in [0.29, 0.717) is 18.7 Å². The van der Waals surface area contributed by atoms with Gasteiger partial charge in [0.2, 0.25) is 5.91 Å². The number of carbonyl (C=O) groups excluding carboxylic acids is 2. The molecule has 1 aliphatic heterocycles. The van der Waals surface area contributed by atoms with Crippen molar-refractivity contribution in [1.29, 1.82) is 0 Å². The van der Waals surface area contributed by atoms with Crippen LogP contribution in [0.4, 0.5) is 5.69 Å². The zero-order valence-electron chi connectivity index (χ0n) is 14.0. The molecule has 1 aromatic heterocycles. The second-order valence-corrected chi connectivity index (χ2v) is 6.87. The fraction of sp³-hybridized carbons (Fsp3) is 0.316. The topological polar surface area (TPSA) is 62.3 Å². The number of benzene rings is 1. The molecule has 0 unspecified atom stereocenters. The van der Waals surface area contributed by atoms with Crippen molar-refractivity contribution in [1.82, 2.24) is 10.3 Å². The monoisotopic (exact) mass is 355 g/mol. The highest BCUT2D eigenvalue weighted by molar-refractivity contribution is 7.09. The highest BCUT2D eigenvalue weighted by Crippen LogP contribution is 2.30. The van der Waals surface area contributed by atoms with Gasteiger partial charge in [0.05, 0.1) is 5.01 Å². The van der Waals surface area contributed by atoms with E-state index in [2.05, 4.69) is 16.9 Å². The molecule has 0 aliphatic carbocycles. The standard InChI is InChI=1S/C19H21N3O2S/c1-2-18(23)22-12-5-7-14-15(6-3-8-16(14)22)19(24)21-10-4-9-17-20-11-13-25-17/h2-3,6,8,11,13H,1,4-5,7,9-10,12H2,(H,21,24). The molecule has 130 valence electrons. The second-order valence-electron chi connectivity index (χ2n) is 5.89. The minimum Gasteiger partial charge on any atom is -0.352 e. The number of thiazole rings is 1. The third-order valence-electron chi connectivity index (χ3n) is 4.27. The summed E-state index contributed by atoms with van der Waals surface area (Å²) >= 11 is 1.63. The van der Waals surface area contributed by atoms with Crippen LogP contribution in [0.25, 0.3) is 0 Å². The fourth-order valence-electron chi connectivity index (χ4n) is 3.09. The van der Waals surface area contributed by atoms with Gasteiger partial charge in [-0.2, -0.15) is 0 Å². The Hall–Kier alpha value is -2.47. The molecule has 0 atom stereocenters. The Morgan fingerprint density at radius 1 is 1.40 bits per heavy atom. The van der Waals surface area contributed by atoms with Gasteiger partial charge in [0.25, 0.3) is 5.91 Å². The molecule has 0 spiro atoms. The second kappa shape index (κ2) is 8.07. The van der Waals surface area contributed by atoms with Crippen molar-refractivity contribution in [3.8, 4) is 0 Å². The van der Waals surface area contributed by atoms with Crippen molar-refractivity contribution in [3.63, 3.8) is 0 Å². The Balaban J connectivity index is 1.66. The summed E-state index contributed by atoms with van der Waals surface area (Å²) in [5.74, 6) is -0.203. The van der Waals surface area contributed by atoms with Crippen LogP contribution in [0.1, 0.15) is 33.8 Å². The van der Waals surface area contributed by atoms with Crippen LogP contribution in [0.15, 0.2) is 42.4 Å². The SMILES string of the molecule is C=CC(=O)N1CCCc2c(C(=O)NCCCc3nccs3)cccc21. The van der Waals surface area contributed by atoms with Gasteiger partial charge in [-0.25, -0.2) is 4.98 Å². The van der Waals surface area contributed by atoms with Gasteiger partial charge in [-0.05, 0) is 43.0 Å². The highest BCUT2D eigenvalue weighted by atomic mass is 32.1. The number of carbonyl (C=O) groups is 2. The molecule has 2 aromatic rings.